The van der Waals surface area contributed by atoms with E-state index in [1.54, 1.807) is 19.2 Å². The maximum atomic E-state index is 10.4. The second-order valence-corrected chi connectivity index (χ2v) is 5.05. The van der Waals surface area contributed by atoms with Crippen molar-refractivity contribution < 1.29 is 9.84 Å². The summed E-state index contributed by atoms with van der Waals surface area (Å²) in [7, 11) is 1.59. The van der Waals surface area contributed by atoms with E-state index in [0.717, 1.165) is 10.0 Å². The van der Waals surface area contributed by atoms with E-state index in [4.69, 9.17) is 16.3 Å². The first-order chi connectivity index (χ1) is 8.63. The Hall–Kier alpha value is -1.03. The maximum absolute atomic E-state index is 10.4. The van der Waals surface area contributed by atoms with E-state index in [0.29, 0.717) is 16.3 Å². The van der Waals surface area contributed by atoms with Crippen LogP contribution in [0.3, 0.4) is 0 Å². The molecule has 0 aliphatic heterocycles. The summed E-state index contributed by atoms with van der Waals surface area (Å²) in [4.78, 5) is 0. The maximum Gasteiger partial charge on any atom is 0.119 e. The number of aliphatic hydroxyl groups excluding tert-OH is 1. The van der Waals surface area contributed by atoms with Gasteiger partial charge in [0.2, 0.25) is 0 Å². The SMILES string of the molecule is COc1cccc(C(O)c2cccc(Br)c2Cl)c1. The number of rotatable bonds is 3. The predicted octanol–water partition coefficient (Wildman–Crippen LogP) is 4.19. The van der Waals surface area contributed by atoms with Crippen LogP contribution in [-0.4, -0.2) is 12.2 Å². The van der Waals surface area contributed by atoms with E-state index in [-0.39, 0.29) is 0 Å². The number of ether oxygens (including phenoxy) is 1. The molecule has 18 heavy (non-hydrogen) atoms. The van der Waals surface area contributed by atoms with Crippen LogP contribution in [0.2, 0.25) is 5.02 Å². The molecule has 2 aromatic carbocycles. The van der Waals surface area contributed by atoms with Gasteiger partial charge in [0.05, 0.1) is 12.1 Å². The summed E-state index contributed by atoms with van der Waals surface area (Å²) in [5, 5.41) is 10.9. The molecule has 0 spiro atoms. The predicted molar refractivity (Wildman–Crippen MR) is 76.2 cm³/mol. The van der Waals surface area contributed by atoms with Crippen molar-refractivity contribution in [3.05, 3.63) is 63.1 Å². The normalized spacial score (nSPS) is 12.2. The summed E-state index contributed by atoms with van der Waals surface area (Å²) in [6, 6.07) is 12.8. The summed E-state index contributed by atoms with van der Waals surface area (Å²) in [5.41, 5.74) is 1.41. The number of aliphatic hydroxyl groups is 1. The summed E-state index contributed by atoms with van der Waals surface area (Å²) in [5.74, 6) is 0.706. The summed E-state index contributed by atoms with van der Waals surface area (Å²) < 4.78 is 5.91. The van der Waals surface area contributed by atoms with Gasteiger partial charge in [0.15, 0.2) is 0 Å². The minimum absolute atomic E-state index is 0.521. The first-order valence-corrected chi connectivity index (χ1v) is 6.56. The van der Waals surface area contributed by atoms with Crippen molar-refractivity contribution in [1.29, 1.82) is 0 Å². The Balaban J connectivity index is 2.41. The topological polar surface area (TPSA) is 29.5 Å². The third-order valence-electron chi connectivity index (χ3n) is 2.69. The fraction of sp³-hybridized carbons (Fsp3) is 0.143. The van der Waals surface area contributed by atoms with Crippen LogP contribution in [-0.2, 0) is 0 Å². The van der Waals surface area contributed by atoms with E-state index in [1.165, 1.54) is 0 Å². The number of benzene rings is 2. The van der Waals surface area contributed by atoms with Gasteiger partial charge in [-0.1, -0.05) is 35.9 Å². The lowest BCUT2D eigenvalue weighted by atomic mass is 10.0. The lowest BCUT2D eigenvalue weighted by Crippen LogP contribution is -2.01. The van der Waals surface area contributed by atoms with Gasteiger partial charge in [-0.15, -0.1) is 0 Å². The van der Waals surface area contributed by atoms with Gasteiger partial charge in [0.25, 0.3) is 0 Å². The highest BCUT2D eigenvalue weighted by Crippen LogP contribution is 2.34. The van der Waals surface area contributed by atoms with Gasteiger partial charge in [0.1, 0.15) is 11.9 Å². The molecule has 1 unspecified atom stereocenters. The van der Waals surface area contributed by atoms with Gasteiger partial charge < -0.3 is 9.84 Å². The molecule has 2 aromatic rings. The molecule has 0 radical (unpaired) electrons. The zero-order chi connectivity index (χ0) is 13.1. The van der Waals surface area contributed by atoms with Crippen molar-refractivity contribution in [2.24, 2.45) is 0 Å². The molecule has 0 bridgehead atoms. The number of methoxy groups -OCH3 is 1. The molecule has 0 saturated carbocycles. The average Bonchev–Trinajstić information content (AvgIpc) is 2.41. The van der Waals surface area contributed by atoms with Crippen molar-refractivity contribution in [3.63, 3.8) is 0 Å². The van der Waals surface area contributed by atoms with Gasteiger partial charge in [-0.25, -0.2) is 0 Å². The quantitative estimate of drug-likeness (QED) is 0.916. The Morgan fingerprint density at radius 3 is 2.67 bits per heavy atom. The van der Waals surface area contributed by atoms with Crippen LogP contribution < -0.4 is 4.74 Å². The molecular formula is C14H12BrClO2. The minimum atomic E-state index is -0.773. The molecule has 2 nitrogen and oxygen atoms in total. The van der Waals surface area contributed by atoms with Gasteiger partial charge in [0, 0.05) is 10.0 Å². The summed E-state index contributed by atoms with van der Waals surface area (Å²) in [6.45, 7) is 0. The van der Waals surface area contributed by atoms with E-state index < -0.39 is 6.10 Å². The molecule has 0 aliphatic carbocycles. The second kappa shape index (κ2) is 5.74. The fourth-order valence-electron chi connectivity index (χ4n) is 1.72. The van der Waals surface area contributed by atoms with Gasteiger partial charge in [-0.3, -0.25) is 0 Å². The van der Waals surface area contributed by atoms with E-state index >= 15 is 0 Å². The first-order valence-electron chi connectivity index (χ1n) is 5.39. The van der Waals surface area contributed by atoms with Crippen molar-refractivity contribution in [3.8, 4) is 5.75 Å². The average molecular weight is 328 g/mol. The molecular weight excluding hydrogens is 316 g/mol. The fourth-order valence-corrected chi connectivity index (χ4v) is 2.33. The van der Waals surface area contributed by atoms with E-state index in [9.17, 15) is 5.11 Å². The third-order valence-corrected chi connectivity index (χ3v) is 4.00. The highest BCUT2D eigenvalue weighted by molar-refractivity contribution is 9.10. The molecule has 0 aromatic heterocycles. The smallest absolute Gasteiger partial charge is 0.119 e. The second-order valence-electron chi connectivity index (χ2n) is 3.82. The molecule has 4 heteroatoms. The molecule has 1 N–H and O–H groups in total. The largest absolute Gasteiger partial charge is 0.497 e. The zero-order valence-electron chi connectivity index (χ0n) is 9.73. The number of hydrogen-bond donors (Lipinski definition) is 1. The Bertz CT molecular complexity index is 557. The highest BCUT2D eigenvalue weighted by Gasteiger charge is 2.15. The molecule has 2 rings (SSSR count). The third kappa shape index (κ3) is 2.69. The van der Waals surface area contributed by atoms with Gasteiger partial charge in [-0.2, -0.15) is 0 Å². The molecule has 0 fully saturated rings. The molecule has 1 atom stereocenters. The van der Waals surface area contributed by atoms with Crippen LogP contribution in [0.4, 0.5) is 0 Å². The van der Waals surface area contributed by atoms with E-state index in [1.807, 2.05) is 30.3 Å². The Morgan fingerprint density at radius 2 is 1.94 bits per heavy atom. The van der Waals surface area contributed by atoms with E-state index in [2.05, 4.69) is 15.9 Å². The van der Waals surface area contributed by atoms with Gasteiger partial charge >= 0.3 is 0 Å². The molecule has 0 aliphatic rings. The van der Waals surface area contributed by atoms with Crippen molar-refractivity contribution in [1.82, 2.24) is 0 Å². The van der Waals surface area contributed by atoms with Gasteiger partial charge in [-0.05, 0) is 39.7 Å². The number of halogens is 2. The Morgan fingerprint density at radius 1 is 1.22 bits per heavy atom. The standard InChI is InChI=1S/C14H12BrClO2/c1-18-10-5-2-4-9(8-10)14(17)11-6-3-7-12(15)13(11)16/h2-8,14,17H,1H3. The van der Waals surface area contributed by atoms with Crippen LogP contribution >= 0.6 is 27.5 Å². The van der Waals surface area contributed by atoms with Crippen molar-refractivity contribution >= 4 is 27.5 Å². The van der Waals surface area contributed by atoms with Crippen LogP contribution in [0.5, 0.6) is 5.75 Å². The van der Waals surface area contributed by atoms with Crippen molar-refractivity contribution in [2.75, 3.05) is 7.11 Å². The van der Waals surface area contributed by atoms with Crippen molar-refractivity contribution in [2.45, 2.75) is 6.10 Å². The minimum Gasteiger partial charge on any atom is -0.497 e. The van der Waals surface area contributed by atoms with Crippen LogP contribution in [0, 0.1) is 0 Å². The van der Waals surface area contributed by atoms with Crippen LogP contribution in [0.1, 0.15) is 17.2 Å². The Labute approximate surface area is 119 Å². The lowest BCUT2D eigenvalue weighted by molar-refractivity contribution is 0.220. The van der Waals surface area contributed by atoms with Crippen LogP contribution in [0.25, 0.3) is 0 Å². The Kier molecular flexibility index (Phi) is 4.27. The molecule has 0 saturated heterocycles. The summed E-state index contributed by atoms with van der Waals surface area (Å²) >= 11 is 9.52. The zero-order valence-corrected chi connectivity index (χ0v) is 12.1. The lowest BCUT2D eigenvalue weighted by Gasteiger charge is -2.14. The summed E-state index contributed by atoms with van der Waals surface area (Å²) in [6.07, 6.45) is -0.773. The molecule has 0 amide bonds. The van der Waals surface area contributed by atoms with Crippen LogP contribution in [0.15, 0.2) is 46.9 Å². The molecule has 0 heterocycles. The highest BCUT2D eigenvalue weighted by atomic mass is 79.9. The molecule has 94 valence electrons. The monoisotopic (exact) mass is 326 g/mol. The number of hydrogen-bond acceptors (Lipinski definition) is 2. The first kappa shape index (κ1) is 13.4.